The first-order valence-electron chi connectivity index (χ1n) is 9.40. The van der Waals surface area contributed by atoms with Gasteiger partial charge >= 0.3 is 0 Å². The van der Waals surface area contributed by atoms with Gasteiger partial charge in [0.25, 0.3) is 0 Å². The van der Waals surface area contributed by atoms with Crippen LogP contribution in [0.5, 0.6) is 17.2 Å². The van der Waals surface area contributed by atoms with Gasteiger partial charge in [0, 0.05) is 31.1 Å². The third-order valence-corrected chi connectivity index (χ3v) is 5.58. The molecule has 1 aliphatic rings. The van der Waals surface area contributed by atoms with E-state index >= 15 is 0 Å². The smallest absolute Gasteiger partial charge is 0.240 e. The summed E-state index contributed by atoms with van der Waals surface area (Å²) in [7, 11) is -3.77. The zero-order valence-electron chi connectivity index (χ0n) is 16.1. The number of carbonyl (C=O) groups is 1. The number of fused-ring (bicyclic) bond motifs is 1. The molecule has 2 N–H and O–H groups in total. The molecule has 0 unspecified atom stereocenters. The van der Waals surface area contributed by atoms with Crippen molar-refractivity contribution >= 4 is 21.6 Å². The molecule has 8 nitrogen and oxygen atoms in total. The van der Waals surface area contributed by atoms with Crippen LogP contribution in [0.3, 0.4) is 0 Å². The summed E-state index contributed by atoms with van der Waals surface area (Å²) in [6, 6.07) is 11.4. The summed E-state index contributed by atoms with van der Waals surface area (Å²) in [5.74, 6) is 1.35. The van der Waals surface area contributed by atoms with Crippen molar-refractivity contribution < 1.29 is 27.4 Å². The fourth-order valence-corrected chi connectivity index (χ4v) is 3.76. The molecule has 0 fully saturated rings. The largest absolute Gasteiger partial charge is 0.494 e. The third-order valence-electron chi connectivity index (χ3n) is 4.12. The van der Waals surface area contributed by atoms with Crippen LogP contribution in [0, 0.1) is 0 Å². The lowest BCUT2D eigenvalue weighted by atomic mass is 10.3. The van der Waals surface area contributed by atoms with Crippen molar-refractivity contribution in [1.82, 2.24) is 4.72 Å². The molecule has 9 heteroatoms. The van der Waals surface area contributed by atoms with Crippen molar-refractivity contribution in [2.24, 2.45) is 0 Å². The van der Waals surface area contributed by atoms with Gasteiger partial charge in [-0.3, -0.25) is 4.79 Å². The molecule has 1 aliphatic heterocycles. The molecule has 1 heterocycles. The summed E-state index contributed by atoms with van der Waals surface area (Å²) in [5.41, 5.74) is 0.615. The highest BCUT2D eigenvalue weighted by Crippen LogP contribution is 2.31. The molecule has 0 radical (unpaired) electrons. The van der Waals surface area contributed by atoms with Crippen LogP contribution in [0.4, 0.5) is 5.69 Å². The third kappa shape index (κ3) is 5.85. The Morgan fingerprint density at radius 1 is 1.07 bits per heavy atom. The number of sulfonamides is 1. The van der Waals surface area contributed by atoms with E-state index in [0.717, 1.165) is 6.42 Å². The molecule has 0 atom stereocenters. The van der Waals surface area contributed by atoms with Crippen molar-refractivity contribution in [1.29, 1.82) is 0 Å². The lowest BCUT2D eigenvalue weighted by molar-refractivity contribution is -0.116. The maximum atomic E-state index is 12.5. The molecule has 1 amide bonds. The molecule has 2 aromatic carbocycles. The lowest BCUT2D eigenvalue weighted by Gasteiger charge is -2.11. The van der Waals surface area contributed by atoms with Gasteiger partial charge in [-0.05, 0) is 43.3 Å². The van der Waals surface area contributed by atoms with Crippen LogP contribution in [-0.4, -0.2) is 40.7 Å². The monoisotopic (exact) mass is 420 g/mol. The first-order valence-corrected chi connectivity index (χ1v) is 10.9. The second-order valence-electron chi connectivity index (χ2n) is 6.31. The van der Waals surface area contributed by atoms with Gasteiger partial charge < -0.3 is 19.5 Å². The lowest BCUT2D eigenvalue weighted by Crippen LogP contribution is -2.27. The SMILES string of the molecule is CCOc1ccc(NC(=O)CCNS(=O)(=O)c2ccc3c(c2)OCCCO3)cc1. The number of ether oxygens (including phenoxy) is 3. The van der Waals surface area contributed by atoms with Gasteiger partial charge in [0.15, 0.2) is 11.5 Å². The quantitative estimate of drug-likeness (QED) is 0.680. The van der Waals surface area contributed by atoms with E-state index < -0.39 is 10.0 Å². The average molecular weight is 420 g/mol. The highest BCUT2D eigenvalue weighted by molar-refractivity contribution is 7.89. The van der Waals surface area contributed by atoms with E-state index in [0.29, 0.717) is 42.8 Å². The van der Waals surface area contributed by atoms with E-state index in [-0.39, 0.29) is 23.8 Å². The number of benzene rings is 2. The first kappa shape index (κ1) is 20.9. The van der Waals surface area contributed by atoms with Crippen molar-refractivity contribution in [2.75, 3.05) is 31.7 Å². The topological polar surface area (TPSA) is 103 Å². The normalized spacial score (nSPS) is 13.4. The van der Waals surface area contributed by atoms with E-state index in [2.05, 4.69) is 10.0 Å². The maximum Gasteiger partial charge on any atom is 0.240 e. The predicted molar refractivity (Wildman–Crippen MR) is 108 cm³/mol. The summed E-state index contributed by atoms with van der Waals surface area (Å²) in [6.45, 7) is 3.43. The van der Waals surface area contributed by atoms with Crippen LogP contribution in [0.25, 0.3) is 0 Å². The summed E-state index contributed by atoms with van der Waals surface area (Å²) in [5, 5.41) is 2.72. The van der Waals surface area contributed by atoms with E-state index in [1.807, 2.05) is 6.92 Å². The second kappa shape index (κ2) is 9.62. The van der Waals surface area contributed by atoms with Crippen LogP contribution in [0.15, 0.2) is 47.4 Å². The zero-order valence-corrected chi connectivity index (χ0v) is 17.0. The van der Waals surface area contributed by atoms with Gasteiger partial charge in [0.1, 0.15) is 5.75 Å². The molecular formula is C20H24N2O6S. The van der Waals surface area contributed by atoms with Crippen LogP contribution >= 0.6 is 0 Å². The summed E-state index contributed by atoms with van der Waals surface area (Å²) in [4.78, 5) is 12.1. The molecule has 0 aromatic heterocycles. The summed E-state index contributed by atoms with van der Waals surface area (Å²) in [6.07, 6.45) is 0.732. The van der Waals surface area contributed by atoms with Gasteiger partial charge in [-0.15, -0.1) is 0 Å². The number of hydrogen-bond acceptors (Lipinski definition) is 6. The molecule has 156 valence electrons. The number of hydrogen-bond donors (Lipinski definition) is 2. The molecule has 0 bridgehead atoms. The fraction of sp³-hybridized carbons (Fsp3) is 0.350. The van der Waals surface area contributed by atoms with Crippen molar-refractivity contribution in [3.8, 4) is 17.2 Å². The Labute approximate surface area is 170 Å². The molecule has 0 spiro atoms. The van der Waals surface area contributed by atoms with Gasteiger partial charge in [-0.1, -0.05) is 0 Å². The highest BCUT2D eigenvalue weighted by atomic mass is 32.2. The molecule has 29 heavy (non-hydrogen) atoms. The van der Waals surface area contributed by atoms with E-state index in [1.54, 1.807) is 30.3 Å². The molecule has 2 aromatic rings. The number of anilines is 1. The minimum atomic E-state index is -3.77. The van der Waals surface area contributed by atoms with Crippen LogP contribution in [0.2, 0.25) is 0 Å². The fourth-order valence-electron chi connectivity index (χ4n) is 2.72. The van der Waals surface area contributed by atoms with Crippen molar-refractivity contribution in [3.05, 3.63) is 42.5 Å². The van der Waals surface area contributed by atoms with Crippen LogP contribution in [0.1, 0.15) is 19.8 Å². The van der Waals surface area contributed by atoms with E-state index in [1.165, 1.54) is 12.1 Å². The Kier molecular flexibility index (Phi) is 6.95. The Balaban J connectivity index is 1.52. The Morgan fingerprint density at radius 3 is 2.52 bits per heavy atom. The molecule has 0 aliphatic carbocycles. The number of rotatable bonds is 8. The van der Waals surface area contributed by atoms with Crippen molar-refractivity contribution in [2.45, 2.75) is 24.7 Å². The van der Waals surface area contributed by atoms with Gasteiger partial charge in [-0.25, -0.2) is 13.1 Å². The molecular weight excluding hydrogens is 396 g/mol. The van der Waals surface area contributed by atoms with E-state index in [9.17, 15) is 13.2 Å². The zero-order chi connectivity index (χ0) is 20.7. The van der Waals surface area contributed by atoms with Crippen LogP contribution in [-0.2, 0) is 14.8 Å². The van der Waals surface area contributed by atoms with Gasteiger partial charge in [0.2, 0.25) is 15.9 Å². The Hall–Kier alpha value is -2.78. The van der Waals surface area contributed by atoms with Crippen LogP contribution < -0.4 is 24.2 Å². The second-order valence-corrected chi connectivity index (χ2v) is 8.08. The van der Waals surface area contributed by atoms with Gasteiger partial charge in [-0.2, -0.15) is 0 Å². The first-order chi connectivity index (χ1) is 14.0. The maximum absolute atomic E-state index is 12.5. The minimum Gasteiger partial charge on any atom is -0.494 e. The molecule has 0 saturated carbocycles. The number of carbonyl (C=O) groups excluding carboxylic acids is 1. The average Bonchev–Trinajstić information content (AvgIpc) is 2.94. The standard InChI is InChI=1S/C20H24N2O6S/c1-2-26-16-6-4-15(5-7-16)22-20(23)10-11-21-29(24,25)17-8-9-18-19(14-17)28-13-3-12-27-18/h4-9,14,21H,2-3,10-13H2,1H3,(H,22,23). The molecule has 0 saturated heterocycles. The molecule has 3 rings (SSSR count). The Bertz CT molecular complexity index is 944. The summed E-state index contributed by atoms with van der Waals surface area (Å²) < 4.78 is 43.8. The van der Waals surface area contributed by atoms with Crippen molar-refractivity contribution in [3.63, 3.8) is 0 Å². The van der Waals surface area contributed by atoms with E-state index in [4.69, 9.17) is 14.2 Å². The number of nitrogens with one attached hydrogen (secondary N) is 2. The highest BCUT2D eigenvalue weighted by Gasteiger charge is 2.19. The summed E-state index contributed by atoms with van der Waals surface area (Å²) >= 11 is 0. The van der Waals surface area contributed by atoms with Gasteiger partial charge in [0.05, 0.1) is 24.7 Å². The predicted octanol–water partition coefficient (Wildman–Crippen LogP) is 2.55. The Morgan fingerprint density at radius 2 is 1.79 bits per heavy atom. The number of amides is 1. The minimum absolute atomic E-state index is 0.00298.